The van der Waals surface area contributed by atoms with E-state index in [1.807, 2.05) is 13.0 Å². The van der Waals surface area contributed by atoms with Gasteiger partial charge >= 0.3 is 0 Å². The lowest BCUT2D eigenvalue weighted by Crippen LogP contribution is -2.37. The fourth-order valence-electron chi connectivity index (χ4n) is 2.05. The molecule has 0 saturated carbocycles. The molecule has 0 radical (unpaired) electrons. The van der Waals surface area contributed by atoms with Crippen molar-refractivity contribution in [3.63, 3.8) is 0 Å². The van der Waals surface area contributed by atoms with Crippen LogP contribution < -0.4 is 11.1 Å². The zero-order valence-corrected chi connectivity index (χ0v) is 12.4. The minimum atomic E-state index is -0.123. The van der Waals surface area contributed by atoms with Crippen LogP contribution in [0.4, 0.5) is 0 Å². The summed E-state index contributed by atoms with van der Waals surface area (Å²) in [6.07, 6.45) is 4.34. The molecule has 1 amide bonds. The van der Waals surface area contributed by atoms with Gasteiger partial charge in [-0.15, -0.1) is 0 Å². The molecular formula is C15H25N3O. The summed E-state index contributed by atoms with van der Waals surface area (Å²) in [6, 6.07) is 1.93. The van der Waals surface area contributed by atoms with Gasteiger partial charge in [-0.2, -0.15) is 0 Å². The molecule has 0 aliphatic carbocycles. The van der Waals surface area contributed by atoms with E-state index in [-0.39, 0.29) is 17.2 Å². The number of nitrogens with zero attached hydrogens (tertiary/aromatic N) is 1. The van der Waals surface area contributed by atoms with Crippen molar-refractivity contribution in [3.05, 3.63) is 29.6 Å². The van der Waals surface area contributed by atoms with Crippen LogP contribution in [0.15, 0.2) is 18.5 Å². The summed E-state index contributed by atoms with van der Waals surface area (Å²) in [7, 11) is 0. The highest BCUT2D eigenvalue weighted by Gasteiger charge is 2.23. The van der Waals surface area contributed by atoms with E-state index in [0.29, 0.717) is 13.1 Å². The highest BCUT2D eigenvalue weighted by Crippen LogP contribution is 2.24. The molecule has 1 rings (SSSR count). The Bertz CT molecular complexity index is 424. The molecule has 0 aromatic carbocycles. The summed E-state index contributed by atoms with van der Waals surface area (Å²) >= 11 is 0. The van der Waals surface area contributed by atoms with Crippen LogP contribution in [0.2, 0.25) is 0 Å². The SMILES string of the molecule is Cc1cnccc1CNC(=O)C(CN)CC(C)(C)C. The number of nitrogens with one attached hydrogen (secondary N) is 1. The summed E-state index contributed by atoms with van der Waals surface area (Å²) < 4.78 is 0. The number of nitrogens with two attached hydrogens (primary N) is 1. The molecule has 0 saturated heterocycles. The molecule has 4 nitrogen and oxygen atoms in total. The van der Waals surface area contributed by atoms with E-state index in [1.165, 1.54) is 0 Å². The predicted octanol–water partition coefficient (Wildman–Crippen LogP) is 2.02. The zero-order valence-electron chi connectivity index (χ0n) is 12.4. The summed E-state index contributed by atoms with van der Waals surface area (Å²) in [5.41, 5.74) is 7.99. The van der Waals surface area contributed by atoms with Crippen molar-refractivity contribution < 1.29 is 4.79 Å². The van der Waals surface area contributed by atoms with Gasteiger partial charge in [0.1, 0.15) is 0 Å². The molecular weight excluding hydrogens is 238 g/mol. The van der Waals surface area contributed by atoms with Crippen molar-refractivity contribution in [1.82, 2.24) is 10.3 Å². The van der Waals surface area contributed by atoms with Crippen molar-refractivity contribution in [2.75, 3.05) is 6.54 Å². The number of aromatic nitrogens is 1. The van der Waals surface area contributed by atoms with Crippen LogP contribution in [0.3, 0.4) is 0 Å². The molecule has 1 aromatic heterocycles. The van der Waals surface area contributed by atoms with Crippen LogP contribution in [0.25, 0.3) is 0 Å². The third kappa shape index (κ3) is 5.39. The molecule has 0 aliphatic heterocycles. The fourth-order valence-corrected chi connectivity index (χ4v) is 2.05. The maximum absolute atomic E-state index is 12.1. The maximum Gasteiger partial charge on any atom is 0.224 e. The summed E-state index contributed by atoms with van der Waals surface area (Å²) in [5, 5.41) is 2.97. The second-order valence-corrected chi connectivity index (χ2v) is 6.22. The average Bonchev–Trinajstić information content (AvgIpc) is 2.33. The number of pyridine rings is 1. The van der Waals surface area contributed by atoms with Crippen molar-refractivity contribution in [3.8, 4) is 0 Å². The first kappa shape index (κ1) is 15.6. The molecule has 0 aliphatic rings. The third-order valence-electron chi connectivity index (χ3n) is 3.10. The van der Waals surface area contributed by atoms with Gasteiger partial charge in [-0.3, -0.25) is 9.78 Å². The van der Waals surface area contributed by atoms with Gasteiger partial charge in [0, 0.05) is 25.5 Å². The van der Waals surface area contributed by atoms with Crippen LogP contribution in [-0.4, -0.2) is 17.4 Å². The Morgan fingerprint density at radius 3 is 2.68 bits per heavy atom. The minimum Gasteiger partial charge on any atom is -0.352 e. The Kier molecular flexibility index (Phi) is 5.48. The first-order valence-electron chi connectivity index (χ1n) is 6.71. The Morgan fingerprint density at radius 2 is 2.16 bits per heavy atom. The van der Waals surface area contributed by atoms with E-state index in [1.54, 1.807) is 12.4 Å². The standard InChI is InChI=1S/C15H25N3O/c1-11-9-17-6-5-12(11)10-18-14(19)13(8-16)7-15(2,3)4/h5-6,9,13H,7-8,10,16H2,1-4H3,(H,18,19). The Balaban J connectivity index is 2.57. The van der Waals surface area contributed by atoms with Gasteiger partial charge in [-0.05, 0) is 36.0 Å². The topological polar surface area (TPSA) is 68.0 Å². The monoisotopic (exact) mass is 263 g/mol. The number of amides is 1. The van der Waals surface area contributed by atoms with Gasteiger partial charge in [-0.1, -0.05) is 20.8 Å². The number of hydrogen-bond acceptors (Lipinski definition) is 3. The van der Waals surface area contributed by atoms with Crippen LogP contribution in [0, 0.1) is 18.3 Å². The number of aryl methyl sites for hydroxylation is 1. The van der Waals surface area contributed by atoms with E-state index in [4.69, 9.17) is 5.73 Å². The molecule has 1 atom stereocenters. The molecule has 106 valence electrons. The lowest BCUT2D eigenvalue weighted by Gasteiger charge is -2.24. The van der Waals surface area contributed by atoms with Gasteiger partial charge in [0.15, 0.2) is 0 Å². The Labute approximate surface area is 115 Å². The van der Waals surface area contributed by atoms with Crippen LogP contribution in [0.5, 0.6) is 0 Å². The average molecular weight is 263 g/mol. The predicted molar refractivity (Wildman–Crippen MR) is 77.4 cm³/mol. The van der Waals surface area contributed by atoms with E-state index in [2.05, 4.69) is 31.1 Å². The maximum atomic E-state index is 12.1. The molecule has 19 heavy (non-hydrogen) atoms. The lowest BCUT2D eigenvalue weighted by atomic mass is 9.84. The van der Waals surface area contributed by atoms with Crippen molar-refractivity contribution in [2.24, 2.45) is 17.1 Å². The normalized spacial score (nSPS) is 13.1. The molecule has 1 unspecified atom stereocenters. The number of hydrogen-bond donors (Lipinski definition) is 2. The molecule has 4 heteroatoms. The number of carbonyl (C=O) groups excluding carboxylic acids is 1. The molecule has 1 heterocycles. The zero-order chi connectivity index (χ0) is 14.5. The molecule has 1 aromatic rings. The number of carbonyl (C=O) groups is 1. The summed E-state index contributed by atoms with van der Waals surface area (Å²) in [5.74, 6) is -0.0872. The largest absolute Gasteiger partial charge is 0.352 e. The van der Waals surface area contributed by atoms with Crippen molar-refractivity contribution >= 4 is 5.91 Å². The summed E-state index contributed by atoms with van der Waals surface area (Å²) in [4.78, 5) is 16.2. The number of rotatable bonds is 5. The van der Waals surface area contributed by atoms with Crippen molar-refractivity contribution in [1.29, 1.82) is 0 Å². The molecule has 0 bridgehead atoms. The highest BCUT2D eigenvalue weighted by atomic mass is 16.1. The first-order chi connectivity index (χ1) is 8.83. The smallest absolute Gasteiger partial charge is 0.224 e. The second kappa shape index (κ2) is 6.66. The van der Waals surface area contributed by atoms with Gasteiger partial charge in [0.2, 0.25) is 5.91 Å². The van der Waals surface area contributed by atoms with Gasteiger partial charge in [0.05, 0.1) is 5.92 Å². The fraction of sp³-hybridized carbons (Fsp3) is 0.600. The highest BCUT2D eigenvalue weighted by molar-refractivity contribution is 5.78. The molecule has 3 N–H and O–H groups in total. The molecule has 0 fully saturated rings. The van der Waals surface area contributed by atoms with Gasteiger partial charge in [-0.25, -0.2) is 0 Å². The van der Waals surface area contributed by atoms with Crippen LogP contribution in [0.1, 0.15) is 38.3 Å². The third-order valence-corrected chi connectivity index (χ3v) is 3.10. The second-order valence-electron chi connectivity index (χ2n) is 6.22. The van der Waals surface area contributed by atoms with E-state index in [9.17, 15) is 4.79 Å². The van der Waals surface area contributed by atoms with Crippen LogP contribution in [-0.2, 0) is 11.3 Å². The van der Waals surface area contributed by atoms with E-state index >= 15 is 0 Å². The first-order valence-corrected chi connectivity index (χ1v) is 6.71. The minimum absolute atomic E-state index is 0.0358. The van der Waals surface area contributed by atoms with Crippen molar-refractivity contribution in [2.45, 2.75) is 40.7 Å². The summed E-state index contributed by atoms with van der Waals surface area (Å²) in [6.45, 7) is 9.28. The molecule has 0 spiro atoms. The van der Waals surface area contributed by atoms with Gasteiger partial charge < -0.3 is 11.1 Å². The quantitative estimate of drug-likeness (QED) is 0.854. The Hall–Kier alpha value is -1.42. The van der Waals surface area contributed by atoms with E-state index in [0.717, 1.165) is 17.5 Å². The van der Waals surface area contributed by atoms with Gasteiger partial charge in [0.25, 0.3) is 0 Å². The Morgan fingerprint density at radius 1 is 1.47 bits per heavy atom. The lowest BCUT2D eigenvalue weighted by molar-refractivity contribution is -0.125. The van der Waals surface area contributed by atoms with Crippen LogP contribution >= 0.6 is 0 Å². The van der Waals surface area contributed by atoms with E-state index < -0.39 is 0 Å².